The average Bonchev–Trinajstić information content (AvgIpc) is 1.63. The molecule has 42 nitrogen and oxygen atoms in total. The van der Waals surface area contributed by atoms with Crippen molar-refractivity contribution in [2.45, 2.75) is 202 Å². The molecule has 4 fully saturated rings. The van der Waals surface area contributed by atoms with Crippen molar-refractivity contribution in [2.75, 3.05) is 212 Å². The molecule has 1 aliphatic carbocycles. The quantitative estimate of drug-likeness (QED) is 0.0217. The Hall–Kier alpha value is -5.51. The Balaban J connectivity index is 0.758. The monoisotopic (exact) mass is 1710 g/mol. The molecule has 42 heteroatoms. The Kier molecular flexibility index (Phi) is 53.1. The van der Waals surface area contributed by atoms with Gasteiger partial charge in [0.1, 0.15) is 97.9 Å². The number of methoxy groups -OCH3 is 1. The normalized spacial score (nSPS) is 25.9. The molecule has 5 heterocycles. The number of hydrogen-bond donors (Lipinski definition) is 12. The van der Waals surface area contributed by atoms with E-state index in [1.54, 1.807) is 17.8 Å². The van der Waals surface area contributed by atoms with Gasteiger partial charge in [-0.25, -0.2) is 4.68 Å². The second kappa shape index (κ2) is 61.7. The summed E-state index contributed by atoms with van der Waals surface area (Å²) in [5.41, 5.74) is 0.555. The van der Waals surface area contributed by atoms with E-state index in [0.717, 1.165) is 25.7 Å². The molecule has 1 aromatic rings. The SMILES string of the molecule is CCNC(=O)COCC(=O)NCCOCCOCCOCCOCCOCCOCCOCCOCCn1cc(CNC(=O)CCCCCO[C@H]2[C@@H](O)[C@@H](O)[C@@H](OC)O[C@@H]2CO[C@H]2O[C@H](CO[C@H]3O[C@H](CO)[C@@H](O)[C@@H](O)[C@H]3O)[C@@H](OCCCCCC(=O)NCCOCCOCCCC(=O)C3CCC(CN4C(=O)C=CC4=O)CC3)[C@@H](O)[C@H]2O)nn1. The fourth-order valence-corrected chi connectivity index (χ4v) is 13.1. The Morgan fingerprint density at radius 2 is 0.882 bits per heavy atom. The molecular weight excluding hydrogens is 1580 g/mol. The van der Waals surface area contributed by atoms with Crippen molar-refractivity contribution in [3.05, 3.63) is 24.0 Å². The third-order valence-corrected chi connectivity index (χ3v) is 19.8. The highest BCUT2D eigenvalue weighted by Gasteiger charge is 2.51. The molecule has 0 spiro atoms. The van der Waals surface area contributed by atoms with E-state index < -0.39 is 112 Å². The smallest absolute Gasteiger partial charge is 0.253 e. The van der Waals surface area contributed by atoms with Crippen LogP contribution in [0.15, 0.2) is 18.3 Å². The van der Waals surface area contributed by atoms with Crippen LogP contribution in [0.1, 0.15) is 103 Å². The van der Waals surface area contributed by atoms with E-state index in [1.807, 2.05) is 0 Å². The zero-order valence-electron chi connectivity index (χ0n) is 68.8. The third kappa shape index (κ3) is 40.8. The summed E-state index contributed by atoms with van der Waals surface area (Å²) in [5.74, 6) is -1.18. The van der Waals surface area contributed by atoms with Crippen molar-refractivity contribution in [1.29, 1.82) is 0 Å². The highest BCUT2D eigenvalue weighted by atomic mass is 16.8. The van der Waals surface area contributed by atoms with Gasteiger partial charge in [0, 0.05) is 90.4 Å². The number of aliphatic hydroxyl groups is 8. The molecule has 1 aromatic heterocycles. The Bertz CT molecular complexity index is 2950. The van der Waals surface area contributed by atoms with Gasteiger partial charge in [-0.1, -0.05) is 18.1 Å². The zero-order chi connectivity index (χ0) is 85.6. The molecule has 0 unspecified atom stereocenters. The van der Waals surface area contributed by atoms with Gasteiger partial charge in [0.15, 0.2) is 18.9 Å². The van der Waals surface area contributed by atoms with Gasteiger partial charge in [0.2, 0.25) is 23.6 Å². The summed E-state index contributed by atoms with van der Waals surface area (Å²) in [5, 5.41) is 106. The standard InChI is InChI=1S/C77H132N8O34/c1-3-78-62(90)51-112-52-63(91)80-21-27-104-31-33-106-35-37-108-39-41-110-43-44-111-42-40-109-38-36-107-34-32-105-28-22-84-47-55(82-83-84)45-81-61(89)13-7-5-9-24-113-73-58(118-75(101-2)71(99)68(73)96)49-116-77-72(100)69(97)74(59(119-77)50-115-76-70(98)67(95)66(94)57(48-86)117-76)114-25-8-4-6-12-60(88)79-20-26-103-30-29-102-23-10-11-56(87)54-16-14-53(15-17-54)46-85-64(92)18-19-65(85)93/h18-19,47,53-54,57-59,66-77,86,94-100H,3-17,20-46,48-52H2,1-2H3,(H,78,90)(H,79,88)(H,80,91)(H,81,89)/t53?,54?,57-,58-,59-,66-,67-,68+,69+,70-,71-,72-,73-,74-,75+,76+,77+/m1/s1. The van der Waals surface area contributed by atoms with Crippen molar-refractivity contribution in [1.82, 2.24) is 41.2 Å². The summed E-state index contributed by atoms with van der Waals surface area (Å²) < 4.78 is 109. The Labute approximate surface area is 693 Å². The number of unbranched alkanes of at least 4 members (excludes halogenated alkanes) is 4. The summed E-state index contributed by atoms with van der Waals surface area (Å²) in [7, 11) is 1.26. The van der Waals surface area contributed by atoms with Crippen LogP contribution < -0.4 is 21.3 Å². The van der Waals surface area contributed by atoms with E-state index in [2.05, 4.69) is 31.6 Å². The maximum Gasteiger partial charge on any atom is 0.253 e. The number of aromatic nitrogens is 3. The second-order valence-corrected chi connectivity index (χ2v) is 28.9. The Morgan fingerprint density at radius 3 is 1.38 bits per heavy atom. The Morgan fingerprint density at radius 1 is 0.445 bits per heavy atom. The molecule has 12 N–H and O–H groups in total. The van der Waals surface area contributed by atoms with Crippen molar-refractivity contribution < 1.29 is 164 Å². The number of imide groups is 1. The first-order chi connectivity index (χ1) is 57.8. The zero-order valence-corrected chi connectivity index (χ0v) is 68.8. The van der Waals surface area contributed by atoms with E-state index in [0.29, 0.717) is 209 Å². The summed E-state index contributed by atoms with van der Waals surface area (Å²) >= 11 is 0. The first kappa shape index (κ1) is 102. The lowest BCUT2D eigenvalue weighted by Gasteiger charge is -2.45. The molecule has 5 aliphatic rings. The molecule has 1 saturated carbocycles. The maximum absolute atomic E-state index is 12.8. The molecule has 0 bridgehead atoms. The fourth-order valence-electron chi connectivity index (χ4n) is 13.1. The minimum Gasteiger partial charge on any atom is -0.394 e. The number of hydrogen-bond acceptors (Lipinski definition) is 36. The predicted octanol–water partition coefficient (Wildman–Crippen LogP) is -4.21. The number of rotatable bonds is 69. The average molecular weight is 1710 g/mol. The highest BCUT2D eigenvalue weighted by molar-refractivity contribution is 6.12. The van der Waals surface area contributed by atoms with Crippen LogP contribution in [-0.2, 0) is 137 Å². The summed E-state index contributed by atoms with van der Waals surface area (Å²) in [6, 6.07) is 0. The summed E-state index contributed by atoms with van der Waals surface area (Å²) in [6.07, 6.45) is -11.0. The number of amides is 6. The maximum atomic E-state index is 12.8. The number of ether oxygens (including phenoxy) is 19. The van der Waals surface area contributed by atoms with Gasteiger partial charge in [-0.15, -0.1) is 5.10 Å². The van der Waals surface area contributed by atoms with Crippen LogP contribution in [0.2, 0.25) is 0 Å². The van der Waals surface area contributed by atoms with E-state index >= 15 is 0 Å². The highest BCUT2D eigenvalue weighted by Crippen LogP contribution is 2.33. The van der Waals surface area contributed by atoms with E-state index in [1.165, 1.54) is 24.2 Å². The third-order valence-electron chi connectivity index (χ3n) is 19.8. The summed E-state index contributed by atoms with van der Waals surface area (Å²) in [4.78, 5) is 86.3. The molecule has 4 aliphatic heterocycles. The van der Waals surface area contributed by atoms with Gasteiger partial charge >= 0.3 is 0 Å². The van der Waals surface area contributed by atoms with Crippen molar-refractivity contribution in [2.24, 2.45) is 11.8 Å². The summed E-state index contributed by atoms with van der Waals surface area (Å²) in [6.45, 7) is 9.40. The van der Waals surface area contributed by atoms with Gasteiger partial charge in [0.05, 0.1) is 165 Å². The van der Waals surface area contributed by atoms with Gasteiger partial charge in [-0.2, -0.15) is 0 Å². The van der Waals surface area contributed by atoms with Gasteiger partial charge < -0.3 is 152 Å². The molecule has 15 atom stereocenters. The van der Waals surface area contributed by atoms with Crippen LogP contribution in [0.3, 0.4) is 0 Å². The number of ketones is 1. The fraction of sp³-hybridized carbons (Fsp3) is 0.857. The van der Waals surface area contributed by atoms with E-state index in [4.69, 9.17) is 90.0 Å². The largest absolute Gasteiger partial charge is 0.394 e. The molecular formula is C77H132N8O34. The number of carbonyl (C=O) groups is 7. The topological polar surface area (TPSA) is 539 Å². The van der Waals surface area contributed by atoms with Gasteiger partial charge in [0.25, 0.3) is 11.8 Å². The number of likely N-dealkylation sites (N-methyl/N-ethyl adjacent to an activating group) is 1. The van der Waals surface area contributed by atoms with Crippen LogP contribution in [0.4, 0.5) is 0 Å². The van der Waals surface area contributed by atoms with Crippen molar-refractivity contribution >= 4 is 41.2 Å². The minimum absolute atomic E-state index is 0.0150. The molecule has 6 rings (SSSR count). The molecule has 0 radical (unpaired) electrons. The van der Waals surface area contributed by atoms with Crippen LogP contribution >= 0.6 is 0 Å². The first-order valence-corrected chi connectivity index (χ1v) is 41.5. The molecule has 0 aromatic carbocycles. The number of nitrogens with zero attached hydrogens (tertiary/aromatic N) is 4. The van der Waals surface area contributed by atoms with Crippen LogP contribution in [0.25, 0.3) is 0 Å². The molecule has 119 heavy (non-hydrogen) atoms. The lowest BCUT2D eigenvalue weighted by molar-refractivity contribution is -0.345. The number of aliphatic hydroxyl groups excluding tert-OH is 8. The van der Waals surface area contributed by atoms with E-state index in [9.17, 15) is 74.4 Å². The predicted molar refractivity (Wildman–Crippen MR) is 412 cm³/mol. The van der Waals surface area contributed by atoms with Crippen LogP contribution in [0.5, 0.6) is 0 Å². The van der Waals surface area contributed by atoms with Crippen LogP contribution in [-0.4, -0.2) is 406 Å². The number of Topliss-reactive ketones (excluding diaryl/α,β-unsaturated/α-hetero) is 1. The second-order valence-electron chi connectivity index (χ2n) is 28.9. The van der Waals surface area contributed by atoms with Crippen LogP contribution in [0, 0.1) is 11.8 Å². The number of nitrogens with one attached hydrogen (secondary N) is 4. The molecule has 6 amide bonds. The van der Waals surface area contributed by atoms with Crippen molar-refractivity contribution in [3.8, 4) is 0 Å². The minimum atomic E-state index is -1.79. The van der Waals surface area contributed by atoms with Crippen molar-refractivity contribution in [3.63, 3.8) is 0 Å². The lowest BCUT2D eigenvalue weighted by atomic mass is 9.79. The van der Waals surface area contributed by atoms with Gasteiger partial charge in [-0.05, 0) is 70.6 Å². The lowest BCUT2D eigenvalue weighted by Crippen LogP contribution is -2.63. The van der Waals surface area contributed by atoms with E-state index in [-0.39, 0.29) is 112 Å². The first-order valence-electron chi connectivity index (χ1n) is 41.5. The molecule has 684 valence electrons. The van der Waals surface area contributed by atoms with Gasteiger partial charge in [-0.3, -0.25) is 38.5 Å². The molecule has 3 saturated heterocycles. The number of carbonyl (C=O) groups excluding carboxylic acids is 7.